The summed E-state index contributed by atoms with van der Waals surface area (Å²) in [7, 11) is 0. The Hall–Kier alpha value is -3.59. The number of nitrogen functional groups attached to an aromatic ring is 1. The number of nitrogens with zero attached hydrogens (tertiary/aromatic N) is 3. The summed E-state index contributed by atoms with van der Waals surface area (Å²) in [5.74, 6) is 0.946. The van der Waals surface area contributed by atoms with E-state index in [1.165, 1.54) is 12.1 Å². The number of hydrogen-bond acceptors (Lipinski definition) is 6. The molecule has 0 radical (unpaired) electrons. The number of ether oxygens (including phenoxy) is 2. The van der Waals surface area contributed by atoms with Gasteiger partial charge in [-0.1, -0.05) is 11.6 Å². The highest BCUT2D eigenvalue weighted by Crippen LogP contribution is 2.44. The van der Waals surface area contributed by atoms with Crippen LogP contribution in [0.5, 0.6) is 11.6 Å². The van der Waals surface area contributed by atoms with E-state index >= 15 is 0 Å². The van der Waals surface area contributed by atoms with Crippen LogP contribution in [-0.2, 0) is 4.79 Å². The Kier molecular flexibility index (Phi) is 4.95. The van der Waals surface area contributed by atoms with Crippen molar-refractivity contribution in [2.75, 3.05) is 18.9 Å². The van der Waals surface area contributed by atoms with E-state index in [4.69, 9.17) is 26.8 Å². The fourth-order valence-corrected chi connectivity index (χ4v) is 5.25. The lowest BCUT2D eigenvalue weighted by molar-refractivity contribution is -0.129. The summed E-state index contributed by atoms with van der Waals surface area (Å²) in [4.78, 5) is 27.2. The highest BCUT2D eigenvalue weighted by molar-refractivity contribution is 6.31. The second-order valence-electron chi connectivity index (χ2n) is 8.56. The summed E-state index contributed by atoms with van der Waals surface area (Å²) in [6.45, 7) is 0.907. The molecule has 3 aliphatic rings. The molecule has 1 amide bonds. The van der Waals surface area contributed by atoms with Crippen molar-refractivity contribution in [2.24, 2.45) is 0 Å². The molecule has 0 aliphatic carbocycles. The standard InChI is InChI=1S/C24H21ClFN5O3/c25-15-2-3-16(27)20(21(15)26)12-9-13-1-4-18(31(13)19(32)10-12)23-29-11-17(30-23)14-5-6-28-24-22(14)33-7-8-34-24/h2-3,5-6,10-11,13,18H,1,4,7-9,27H2,(H,29,30)/t13?,18-/m0/s1. The molecule has 8 nitrogen and oxygen atoms in total. The molecule has 3 N–H and O–H groups in total. The van der Waals surface area contributed by atoms with Crippen LogP contribution in [0.3, 0.4) is 0 Å². The molecule has 0 bridgehead atoms. The first kappa shape index (κ1) is 21.0. The Morgan fingerprint density at radius 3 is 2.91 bits per heavy atom. The quantitative estimate of drug-likeness (QED) is 0.545. The first-order valence-electron chi connectivity index (χ1n) is 11.1. The molecular weight excluding hydrogens is 461 g/mol. The number of nitrogens with one attached hydrogen (secondary N) is 1. The zero-order valence-corrected chi connectivity index (χ0v) is 18.8. The molecule has 0 saturated carbocycles. The molecule has 34 heavy (non-hydrogen) atoms. The maximum Gasteiger partial charge on any atom is 0.257 e. The molecular formula is C24H21ClFN5O3. The molecule has 1 aromatic carbocycles. The van der Waals surface area contributed by atoms with E-state index in [1.54, 1.807) is 18.5 Å². The molecule has 174 valence electrons. The molecule has 0 spiro atoms. The fraction of sp³-hybridized carbons (Fsp3) is 0.292. The smallest absolute Gasteiger partial charge is 0.257 e. The lowest BCUT2D eigenvalue weighted by Gasteiger charge is -2.33. The van der Waals surface area contributed by atoms with Crippen LogP contribution in [0.2, 0.25) is 5.02 Å². The number of carbonyl (C=O) groups excluding carboxylic acids is 1. The molecule has 2 aromatic heterocycles. The van der Waals surface area contributed by atoms with Crippen molar-refractivity contribution in [1.29, 1.82) is 0 Å². The van der Waals surface area contributed by atoms with Crippen LogP contribution < -0.4 is 15.2 Å². The van der Waals surface area contributed by atoms with Gasteiger partial charge in [-0.2, -0.15) is 0 Å². The summed E-state index contributed by atoms with van der Waals surface area (Å²) < 4.78 is 26.1. The lowest BCUT2D eigenvalue weighted by atomic mass is 9.92. The number of halogens is 2. The Bertz CT molecular complexity index is 1340. The van der Waals surface area contributed by atoms with E-state index in [-0.39, 0.29) is 34.3 Å². The highest BCUT2D eigenvalue weighted by atomic mass is 35.5. The zero-order valence-electron chi connectivity index (χ0n) is 18.1. The maximum atomic E-state index is 14.7. The number of fused-ring (bicyclic) bond motifs is 2. The molecule has 1 fully saturated rings. The Morgan fingerprint density at radius 2 is 2.03 bits per heavy atom. The average Bonchev–Trinajstić information content (AvgIpc) is 3.49. The predicted molar refractivity (Wildman–Crippen MR) is 124 cm³/mol. The van der Waals surface area contributed by atoms with Crippen molar-refractivity contribution in [2.45, 2.75) is 31.3 Å². The van der Waals surface area contributed by atoms with Gasteiger partial charge in [0.1, 0.15) is 19.0 Å². The third kappa shape index (κ3) is 3.30. The lowest BCUT2D eigenvalue weighted by Crippen LogP contribution is -2.39. The van der Waals surface area contributed by atoms with Gasteiger partial charge < -0.3 is 25.1 Å². The molecule has 10 heteroatoms. The van der Waals surface area contributed by atoms with Gasteiger partial charge in [0.15, 0.2) is 11.6 Å². The topological polar surface area (TPSA) is 106 Å². The van der Waals surface area contributed by atoms with E-state index < -0.39 is 5.82 Å². The van der Waals surface area contributed by atoms with Crippen LogP contribution in [0, 0.1) is 5.82 Å². The van der Waals surface area contributed by atoms with E-state index in [0.29, 0.717) is 42.7 Å². The number of amides is 1. The number of rotatable bonds is 3. The largest absolute Gasteiger partial charge is 0.484 e. The van der Waals surface area contributed by atoms with Crippen LogP contribution in [0.15, 0.2) is 36.7 Å². The number of H-pyrrole nitrogens is 1. The van der Waals surface area contributed by atoms with Gasteiger partial charge in [0.05, 0.1) is 23.0 Å². The predicted octanol–water partition coefficient (Wildman–Crippen LogP) is 4.14. The summed E-state index contributed by atoms with van der Waals surface area (Å²) in [6.07, 6.45) is 6.87. The van der Waals surface area contributed by atoms with Gasteiger partial charge in [0.2, 0.25) is 5.91 Å². The number of aromatic nitrogens is 3. The number of carbonyl (C=O) groups is 1. The molecule has 3 aliphatic heterocycles. The van der Waals surface area contributed by atoms with E-state index in [0.717, 1.165) is 24.1 Å². The number of hydrogen-bond donors (Lipinski definition) is 2. The molecule has 3 aromatic rings. The third-order valence-corrected chi connectivity index (χ3v) is 6.89. The monoisotopic (exact) mass is 481 g/mol. The summed E-state index contributed by atoms with van der Waals surface area (Å²) >= 11 is 5.97. The van der Waals surface area contributed by atoms with Gasteiger partial charge in [-0.3, -0.25) is 4.79 Å². The molecule has 6 rings (SSSR count). The van der Waals surface area contributed by atoms with Gasteiger partial charge >= 0.3 is 0 Å². The van der Waals surface area contributed by atoms with Crippen LogP contribution in [-0.4, -0.2) is 45.0 Å². The number of imidazole rings is 1. The van der Waals surface area contributed by atoms with Crippen molar-refractivity contribution in [3.05, 3.63) is 58.9 Å². The first-order valence-corrected chi connectivity index (χ1v) is 11.5. The molecule has 5 heterocycles. The Labute approximate surface area is 199 Å². The van der Waals surface area contributed by atoms with Crippen molar-refractivity contribution in [3.8, 4) is 22.9 Å². The fourth-order valence-electron chi connectivity index (χ4n) is 5.10. The van der Waals surface area contributed by atoms with Crippen LogP contribution in [0.4, 0.5) is 10.1 Å². The second kappa shape index (κ2) is 8.02. The van der Waals surface area contributed by atoms with Crippen molar-refractivity contribution < 1.29 is 18.7 Å². The van der Waals surface area contributed by atoms with Gasteiger partial charge in [-0.05, 0) is 43.0 Å². The van der Waals surface area contributed by atoms with Crippen LogP contribution in [0.25, 0.3) is 16.8 Å². The van der Waals surface area contributed by atoms with Gasteiger partial charge in [0, 0.05) is 35.1 Å². The zero-order chi connectivity index (χ0) is 23.4. The number of benzene rings is 1. The minimum Gasteiger partial charge on any atom is -0.484 e. The van der Waals surface area contributed by atoms with Crippen molar-refractivity contribution in [1.82, 2.24) is 19.9 Å². The van der Waals surface area contributed by atoms with Crippen LogP contribution in [0.1, 0.15) is 36.7 Å². The summed E-state index contributed by atoms with van der Waals surface area (Å²) in [5, 5.41) is -0.0138. The van der Waals surface area contributed by atoms with Crippen LogP contribution >= 0.6 is 11.6 Å². The number of nitrogens with two attached hydrogens (primary N) is 1. The van der Waals surface area contributed by atoms with E-state index in [9.17, 15) is 9.18 Å². The number of pyridine rings is 1. The third-order valence-electron chi connectivity index (χ3n) is 6.60. The van der Waals surface area contributed by atoms with Gasteiger partial charge in [-0.15, -0.1) is 0 Å². The Balaban J connectivity index is 1.30. The minimum atomic E-state index is -0.591. The SMILES string of the molecule is Nc1ccc(Cl)c(F)c1C1=CC(=O)N2C(CC[C@H]2c2ncc(-c3ccnc4c3OCCO4)[nH]2)C1. The average molecular weight is 482 g/mol. The van der Waals surface area contributed by atoms with E-state index in [1.807, 2.05) is 11.0 Å². The van der Waals surface area contributed by atoms with Crippen molar-refractivity contribution >= 4 is 28.8 Å². The highest BCUT2D eigenvalue weighted by Gasteiger charge is 2.42. The summed E-state index contributed by atoms with van der Waals surface area (Å²) in [5.41, 5.74) is 8.65. The van der Waals surface area contributed by atoms with Gasteiger partial charge in [-0.25, -0.2) is 14.4 Å². The van der Waals surface area contributed by atoms with Gasteiger partial charge in [0.25, 0.3) is 5.88 Å². The first-order chi connectivity index (χ1) is 16.5. The molecule has 1 unspecified atom stereocenters. The summed E-state index contributed by atoms with van der Waals surface area (Å²) in [6, 6.07) is 4.54. The number of anilines is 1. The molecule has 2 atom stereocenters. The van der Waals surface area contributed by atoms with Crippen molar-refractivity contribution in [3.63, 3.8) is 0 Å². The Morgan fingerprint density at radius 1 is 1.18 bits per heavy atom. The normalized spacial score (nSPS) is 21.4. The second-order valence-corrected chi connectivity index (χ2v) is 8.97. The molecule has 1 saturated heterocycles. The van der Waals surface area contributed by atoms with E-state index in [2.05, 4.69) is 15.0 Å². The maximum absolute atomic E-state index is 14.7. The minimum absolute atomic E-state index is 0.0138. The number of aromatic amines is 1.